The number of fused-ring (bicyclic) bond motifs is 1. The molecule has 5 heteroatoms. The third-order valence-electron chi connectivity index (χ3n) is 3.95. The van der Waals surface area contributed by atoms with E-state index in [4.69, 9.17) is 11.6 Å². The second kappa shape index (κ2) is 6.42. The maximum absolute atomic E-state index is 13.0. The second-order valence-corrected chi connectivity index (χ2v) is 5.81. The number of benzene rings is 2. The number of nitrogens with one attached hydrogen (secondary N) is 1. The zero-order chi connectivity index (χ0) is 16.4. The van der Waals surface area contributed by atoms with E-state index < -0.39 is 6.04 Å². The summed E-state index contributed by atoms with van der Waals surface area (Å²) in [5.74, 6) is -0.402. The highest BCUT2D eigenvalue weighted by atomic mass is 35.5. The van der Waals surface area contributed by atoms with Crippen molar-refractivity contribution in [2.45, 2.75) is 19.4 Å². The van der Waals surface area contributed by atoms with E-state index in [1.54, 1.807) is 29.2 Å². The van der Waals surface area contributed by atoms with Crippen LogP contribution in [0.4, 0.5) is 5.69 Å². The number of hydrogen-bond donors (Lipinski definition) is 1. The molecule has 4 nitrogen and oxygen atoms in total. The number of amides is 2. The van der Waals surface area contributed by atoms with E-state index in [0.717, 1.165) is 11.3 Å². The van der Waals surface area contributed by atoms with E-state index >= 15 is 0 Å². The van der Waals surface area contributed by atoms with Gasteiger partial charge in [-0.2, -0.15) is 0 Å². The van der Waals surface area contributed by atoms with Crippen LogP contribution in [-0.2, 0) is 11.2 Å². The van der Waals surface area contributed by atoms with Crippen LogP contribution >= 0.6 is 11.6 Å². The van der Waals surface area contributed by atoms with Crippen LogP contribution in [0.2, 0.25) is 5.02 Å². The summed E-state index contributed by atoms with van der Waals surface area (Å²) in [6, 6.07) is 13.9. The van der Waals surface area contributed by atoms with Gasteiger partial charge >= 0.3 is 0 Å². The molecule has 1 N–H and O–H groups in total. The summed E-state index contributed by atoms with van der Waals surface area (Å²) >= 11 is 6.17. The van der Waals surface area contributed by atoms with E-state index in [9.17, 15) is 9.59 Å². The molecule has 1 heterocycles. The molecule has 0 saturated heterocycles. The van der Waals surface area contributed by atoms with E-state index in [2.05, 4.69) is 5.32 Å². The second-order valence-electron chi connectivity index (χ2n) is 5.40. The molecule has 0 spiro atoms. The third kappa shape index (κ3) is 2.82. The van der Waals surface area contributed by atoms with Gasteiger partial charge < -0.3 is 5.32 Å². The van der Waals surface area contributed by atoms with E-state index in [0.29, 0.717) is 23.6 Å². The minimum absolute atomic E-state index is 0.149. The van der Waals surface area contributed by atoms with Crippen LogP contribution in [0, 0.1) is 0 Å². The molecule has 1 unspecified atom stereocenters. The largest absolute Gasteiger partial charge is 0.355 e. The molecule has 0 fully saturated rings. The Kier molecular flexibility index (Phi) is 4.35. The number of halogens is 1. The molecule has 23 heavy (non-hydrogen) atoms. The van der Waals surface area contributed by atoms with E-state index in [-0.39, 0.29) is 11.8 Å². The molecule has 1 atom stereocenters. The highest BCUT2D eigenvalue weighted by molar-refractivity contribution is 6.34. The molecule has 3 rings (SSSR count). The lowest BCUT2D eigenvalue weighted by Gasteiger charge is -2.25. The number of rotatable bonds is 3. The summed E-state index contributed by atoms with van der Waals surface area (Å²) in [6.07, 6.45) is 0.512. The standard InChI is InChI=1S/C18H17ClN2O2/c1-2-20-17(22)16-11-12-7-3-6-10-15(12)21(16)18(23)13-8-4-5-9-14(13)19/h3-10,16H,2,11H2,1H3,(H,20,22). The topological polar surface area (TPSA) is 49.4 Å². The molecule has 118 valence electrons. The summed E-state index contributed by atoms with van der Waals surface area (Å²) in [5, 5.41) is 3.19. The Morgan fingerprint density at radius 3 is 2.61 bits per heavy atom. The predicted octanol–water partition coefficient (Wildman–Crippen LogP) is 3.05. The lowest BCUT2D eigenvalue weighted by atomic mass is 10.1. The van der Waals surface area contributed by atoms with Crippen LogP contribution < -0.4 is 10.2 Å². The van der Waals surface area contributed by atoms with Gasteiger partial charge in [0.1, 0.15) is 6.04 Å². The number of para-hydroxylation sites is 1. The van der Waals surface area contributed by atoms with Crippen molar-refractivity contribution in [1.29, 1.82) is 0 Å². The van der Waals surface area contributed by atoms with Crippen molar-refractivity contribution in [1.82, 2.24) is 5.32 Å². The molecule has 2 aromatic carbocycles. The first-order valence-electron chi connectivity index (χ1n) is 7.57. The van der Waals surface area contributed by atoms with Crippen molar-refractivity contribution >= 4 is 29.1 Å². The Morgan fingerprint density at radius 2 is 1.87 bits per heavy atom. The van der Waals surface area contributed by atoms with Crippen LogP contribution in [0.3, 0.4) is 0 Å². The van der Waals surface area contributed by atoms with Gasteiger partial charge in [0, 0.05) is 18.7 Å². The minimum atomic E-state index is -0.545. The Labute approximate surface area is 140 Å². The van der Waals surface area contributed by atoms with Crippen LogP contribution in [0.1, 0.15) is 22.8 Å². The predicted molar refractivity (Wildman–Crippen MR) is 90.9 cm³/mol. The molecule has 0 radical (unpaired) electrons. The molecule has 1 aliphatic rings. The van der Waals surface area contributed by atoms with Crippen molar-refractivity contribution in [2.75, 3.05) is 11.4 Å². The molecule has 2 amide bonds. The maximum atomic E-state index is 13.0. The van der Waals surface area contributed by atoms with Crippen molar-refractivity contribution < 1.29 is 9.59 Å². The van der Waals surface area contributed by atoms with Crippen molar-refractivity contribution in [3.63, 3.8) is 0 Å². The first-order chi connectivity index (χ1) is 11.1. The normalized spacial score (nSPS) is 16.1. The van der Waals surface area contributed by atoms with Gasteiger partial charge in [0.25, 0.3) is 5.91 Å². The molecule has 0 aliphatic carbocycles. The van der Waals surface area contributed by atoms with Gasteiger partial charge in [0.2, 0.25) is 5.91 Å². The molecule has 0 saturated carbocycles. The average molecular weight is 329 g/mol. The van der Waals surface area contributed by atoms with Gasteiger partial charge in [0.15, 0.2) is 0 Å². The molecule has 0 bridgehead atoms. The molecule has 2 aromatic rings. The molecular formula is C18H17ClN2O2. The first kappa shape index (κ1) is 15.6. The monoisotopic (exact) mass is 328 g/mol. The lowest BCUT2D eigenvalue weighted by molar-refractivity contribution is -0.122. The van der Waals surface area contributed by atoms with Gasteiger partial charge in [-0.3, -0.25) is 14.5 Å². The Morgan fingerprint density at radius 1 is 1.17 bits per heavy atom. The number of likely N-dealkylation sites (N-methyl/N-ethyl adjacent to an activating group) is 1. The maximum Gasteiger partial charge on any atom is 0.260 e. The molecular weight excluding hydrogens is 312 g/mol. The zero-order valence-electron chi connectivity index (χ0n) is 12.8. The van der Waals surface area contributed by atoms with Crippen molar-refractivity contribution in [3.05, 3.63) is 64.7 Å². The van der Waals surface area contributed by atoms with Gasteiger partial charge in [-0.25, -0.2) is 0 Å². The minimum Gasteiger partial charge on any atom is -0.355 e. The Balaban J connectivity index is 2.03. The van der Waals surface area contributed by atoms with Gasteiger partial charge in [-0.1, -0.05) is 41.9 Å². The number of hydrogen-bond acceptors (Lipinski definition) is 2. The van der Waals surface area contributed by atoms with E-state index in [1.807, 2.05) is 31.2 Å². The fourth-order valence-corrected chi connectivity index (χ4v) is 3.12. The highest BCUT2D eigenvalue weighted by Crippen LogP contribution is 2.34. The van der Waals surface area contributed by atoms with Crippen LogP contribution in [0.5, 0.6) is 0 Å². The number of carbonyl (C=O) groups is 2. The Bertz CT molecular complexity index is 760. The van der Waals surface area contributed by atoms with Crippen molar-refractivity contribution in [2.24, 2.45) is 0 Å². The summed E-state index contributed by atoms with van der Waals surface area (Å²) in [5.41, 5.74) is 2.16. The number of anilines is 1. The average Bonchev–Trinajstić information content (AvgIpc) is 2.94. The Hall–Kier alpha value is -2.33. The zero-order valence-corrected chi connectivity index (χ0v) is 13.5. The molecule has 0 aromatic heterocycles. The van der Waals surface area contributed by atoms with Crippen molar-refractivity contribution in [3.8, 4) is 0 Å². The lowest BCUT2D eigenvalue weighted by Crippen LogP contribution is -2.48. The summed E-state index contributed by atoms with van der Waals surface area (Å²) in [7, 11) is 0. The van der Waals surface area contributed by atoms with Crippen LogP contribution in [0.25, 0.3) is 0 Å². The van der Waals surface area contributed by atoms with Gasteiger partial charge in [-0.05, 0) is 30.7 Å². The highest BCUT2D eigenvalue weighted by Gasteiger charge is 2.38. The first-order valence-corrected chi connectivity index (χ1v) is 7.95. The fraction of sp³-hybridized carbons (Fsp3) is 0.222. The number of nitrogens with zero attached hydrogens (tertiary/aromatic N) is 1. The quantitative estimate of drug-likeness (QED) is 0.941. The summed E-state index contributed by atoms with van der Waals surface area (Å²) in [6.45, 7) is 2.39. The van der Waals surface area contributed by atoms with Gasteiger partial charge in [0.05, 0.1) is 10.6 Å². The van der Waals surface area contributed by atoms with Crippen LogP contribution in [0.15, 0.2) is 48.5 Å². The molecule has 1 aliphatic heterocycles. The SMILES string of the molecule is CCNC(=O)C1Cc2ccccc2N1C(=O)c1ccccc1Cl. The third-order valence-corrected chi connectivity index (χ3v) is 4.28. The van der Waals surface area contributed by atoms with Crippen LogP contribution in [-0.4, -0.2) is 24.4 Å². The number of carbonyl (C=O) groups excluding carboxylic acids is 2. The summed E-state index contributed by atoms with van der Waals surface area (Å²) < 4.78 is 0. The summed E-state index contributed by atoms with van der Waals surface area (Å²) in [4.78, 5) is 27.0. The smallest absolute Gasteiger partial charge is 0.260 e. The fourth-order valence-electron chi connectivity index (χ4n) is 2.90. The van der Waals surface area contributed by atoms with Gasteiger partial charge in [-0.15, -0.1) is 0 Å². The van der Waals surface area contributed by atoms with E-state index in [1.165, 1.54) is 0 Å².